The second kappa shape index (κ2) is 5.04. The van der Waals surface area contributed by atoms with Crippen LogP contribution < -0.4 is 0 Å². The minimum absolute atomic E-state index is 0.191. The highest BCUT2D eigenvalue weighted by atomic mass is 19.1. The first-order valence-corrected chi connectivity index (χ1v) is 4.46. The Morgan fingerprint density at radius 1 is 1.25 bits per heavy atom. The van der Waals surface area contributed by atoms with Crippen molar-refractivity contribution in [2.24, 2.45) is 16.8 Å². The molecule has 0 bridgehead atoms. The molecule has 0 atom stereocenters. The Morgan fingerprint density at radius 3 is 2.33 bits per heavy atom. The van der Waals surface area contributed by atoms with Gasteiger partial charge in [-0.2, -0.15) is 0 Å². The number of nitrogens with zero attached hydrogens (tertiary/aromatic N) is 1. The Balaban J connectivity index is 2.21. The van der Waals surface area contributed by atoms with E-state index in [9.17, 15) is 9.18 Å². The molecule has 0 saturated heterocycles. The van der Waals surface area contributed by atoms with Gasteiger partial charge in [0.25, 0.3) is 0 Å². The summed E-state index contributed by atoms with van der Waals surface area (Å²) in [6.45, 7) is 0.395. The van der Waals surface area contributed by atoms with Crippen LogP contribution in [0.15, 0.2) is 4.99 Å². The van der Waals surface area contributed by atoms with Crippen LogP contribution in [0.3, 0.4) is 0 Å². The first-order chi connectivity index (χ1) is 5.86. The minimum Gasteiger partial charge on any atom is -0.251 e. The van der Waals surface area contributed by atoms with E-state index >= 15 is 0 Å². The van der Waals surface area contributed by atoms with Crippen molar-refractivity contribution < 1.29 is 9.18 Å². The number of aliphatic imine (C=N–C) groups is 1. The van der Waals surface area contributed by atoms with Gasteiger partial charge in [0.05, 0.1) is 13.2 Å². The molecule has 0 heterocycles. The highest BCUT2D eigenvalue weighted by Gasteiger charge is 2.20. The molecule has 1 fully saturated rings. The summed E-state index contributed by atoms with van der Waals surface area (Å²) in [6.07, 6.45) is 5.48. The van der Waals surface area contributed by atoms with E-state index in [1.807, 2.05) is 0 Å². The largest absolute Gasteiger partial charge is 0.251 e. The lowest BCUT2D eigenvalue weighted by Gasteiger charge is -2.24. The van der Waals surface area contributed by atoms with Gasteiger partial charge in [0, 0.05) is 0 Å². The van der Waals surface area contributed by atoms with Crippen molar-refractivity contribution in [3.63, 3.8) is 0 Å². The molecule has 0 N–H and O–H groups in total. The van der Waals surface area contributed by atoms with Gasteiger partial charge in [0.15, 0.2) is 0 Å². The Kier molecular flexibility index (Phi) is 3.95. The normalized spacial score (nSPS) is 29.4. The number of hydrogen-bond donors (Lipinski definition) is 0. The summed E-state index contributed by atoms with van der Waals surface area (Å²) in [5, 5.41) is 0. The van der Waals surface area contributed by atoms with Crippen LogP contribution in [0.25, 0.3) is 0 Å². The predicted octanol–water partition coefficient (Wildman–Crippen LogP) is 2.10. The van der Waals surface area contributed by atoms with E-state index in [2.05, 4.69) is 4.99 Å². The lowest BCUT2D eigenvalue weighted by molar-refractivity contribution is 0.235. The van der Waals surface area contributed by atoms with Gasteiger partial charge < -0.3 is 0 Å². The molecule has 3 heteroatoms. The molecular formula is C9H14FNO. The van der Waals surface area contributed by atoms with Gasteiger partial charge in [-0.15, -0.1) is 0 Å². The lowest BCUT2D eigenvalue weighted by atomic mass is 9.83. The third-order valence-electron chi connectivity index (χ3n) is 2.60. The summed E-state index contributed by atoms with van der Waals surface area (Å²) in [6, 6.07) is 0. The Hall–Kier alpha value is -0.690. The second-order valence-electron chi connectivity index (χ2n) is 3.47. The van der Waals surface area contributed by atoms with Crippen molar-refractivity contribution in [3.05, 3.63) is 0 Å². The first-order valence-electron chi connectivity index (χ1n) is 4.46. The smallest absolute Gasteiger partial charge is 0.234 e. The lowest BCUT2D eigenvalue weighted by Crippen LogP contribution is -2.17. The van der Waals surface area contributed by atoms with Crippen molar-refractivity contribution in [1.82, 2.24) is 0 Å². The average Bonchev–Trinajstić information content (AvgIpc) is 2.15. The Morgan fingerprint density at radius 2 is 1.83 bits per heavy atom. The molecule has 0 aromatic rings. The third-order valence-corrected chi connectivity index (χ3v) is 2.60. The van der Waals surface area contributed by atoms with E-state index in [0.29, 0.717) is 12.5 Å². The predicted molar refractivity (Wildman–Crippen MR) is 44.4 cm³/mol. The van der Waals surface area contributed by atoms with Gasteiger partial charge in [-0.05, 0) is 37.5 Å². The van der Waals surface area contributed by atoms with Crippen molar-refractivity contribution in [1.29, 1.82) is 0 Å². The standard InChI is InChI=1S/C9H14FNO/c10-5-8-1-3-9(4-2-8)6-11-7-12/h8-9H,1-6H2. The number of isocyanates is 1. The van der Waals surface area contributed by atoms with Crippen molar-refractivity contribution in [2.75, 3.05) is 13.2 Å². The fourth-order valence-corrected chi connectivity index (χ4v) is 1.73. The van der Waals surface area contributed by atoms with Gasteiger partial charge in [-0.25, -0.2) is 9.79 Å². The molecule has 68 valence electrons. The van der Waals surface area contributed by atoms with Crippen molar-refractivity contribution >= 4 is 6.08 Å². The van der Waals surface area contributed by atoms with Crippen LogP contribution in [-0.4, -0.2) is 19.3 Å². The number of carbonyl (C=O) groups excluding carboxylic acids is 1. The highest BCUT2D eigenvalue weighted by molar-refractivity contribution is 5.32. The van der Waals surface area contributed by atoms with Crippen LogP contribution in [0.4, 0.5) is 4.39 Å². The maximum Gasteiger partial charge on any atom is 0.234 e. The van der Waals surface area contributed by atoms with Gasteiger partial charge >= 0.3 is 0 Å². The fourth-order valence-electron chi connectivity index (χ4n) is 1.73. The third kappa shape index (κ3) is 2.74. The van der Waals surface area contributed by atoms with Gasteiger partial charge in [0.1, 0.15) is 0 Å². The Labute approximate surface area is 71.9 Å². The summed E-state index contributed by atoms with van der Waals surface area (Å²) >= 11 is 0. The second-order valence-corrected chi connectivity index (χ2v) is 3.47. The maximum absolute atomic E-state index is 12.2. The molecule has 0 spiro atoms. The molecule has 0 aromatic carbocycles. The first kappa shape index (κ1) is 9.40. The number of hydrogen-bond acceptors (Lipinski definition) is 2. The molecule has 0 amide bonds. The highest BCUT2D eigenvalue weighted by Crippen LogP contribution is 2.28. The van der Waals surface area contributed by atoms with Gasteiger partial charge in [-0.3, -0.25) is 4.39 Å². The number of alkyl halides is 1. The van der Waals surface area contributed by atoms with E-state index in [1.165, 1.54) is 0 Å². The summed E-state index contributed by atoms with van der Waals surface area (Å²) in [5.41, 5.74) is 0. The van der Waals surface area contributed by atoms with Crippen LogP contribution in [0, 0.1) is 11.8 Å². The fraction of sp³-hybridized carbons (Fsp3) is 0.889. The Bertz CT molecular complexity index is 169. The topological polar surface area (TPSA) is 29.4 Å². The summed E-state index contributed by atoms with van der Waals surface area (Å²) < 4.78 is 12.2. The molecule has 1 rings (SSSR count). The molecule has 1 aliphatic rings. The maximum atomic E-state index is 12.2. The minimum atomic E-state index is -0.191. The SMILES string of the molecule is O=C=NCC1CCC(CF)CC1. The summed E-state index contributed by atoms with van der Waals surface area (Å²) in [5.74, 6) is 0.760. The van der Waals surface area contributed by atoms with E-state index in [0.717, 1.165) is 25.7 Å². The molecular weight excluding hydrogens is 157 g/mol. The average molecular weight is 171 g/mol. The summed E-state index contributed by atoms with van der Waals surface area (Å²) in [7, 11) is 0. The van der Waals surface area contributed by atoms with E-state index < -0.39 is 0 Å². The van der Waals surface area contributed by atoms with Crippen molar-refractivity contribution in [3.8, 4) is 0 Å². The zero-order valence-electron chi connectivity index (χ0n) is 7.13. The molecule has 1 saturated carbocycles. The van der Waals surface area contributed by atoms with Crippen LogP contribution >= 0.6 is 0 Å². The van der Waals surface area contributed by atoms with Crippen LogP contribution in [0.2, 0.25) is 0 Å². The molecule has 0 radical (unpaired) electrons. The van der Waals surface area contributed by atoms with E-state index in [4.69, 9.17) is 0 Å². The van der Waals surface area contributed by atoms with Gasteiger partial charge in [-0.1, -0.05) is 0 Å². The van der Waals surface area contributed by atoms with Crippen molar-refractivity contribution in [2.45, 2.75) is 25.7 Å². The molecule has 12 heavy (non-hydrogen) atoms. The molecule has 0 aromatic heterocycles. The molecule has 0 aliphatic heterocycles. The zero-order valence-corrected chi connectivity index (χ0v) is 7.13. The number of halogens is 1. The van der Waals surface area contributed by atoms with E-state index in [1.54, 1.807) is 6.08 Å². The molecule has 1 aliphatic carbocycles. The van der Waals surface area contributed by atoms with Crippen LogP contribution in [0.5, 0.6) is 0 Å². The zero-order chi connectivity index (χ0) is 8.81. The van der Waals surface area contributed by atoms with Gasteiger partial charge in [0.2, 0.25) is 6.08 Å². The van der Waals surface area contributed by atoms with Crippen LogP contribution in [0.1, 0.15) is 25.7 Å². The quantitative estimate of drug-likeness (QED) is 0.472. The molecule has 0 unspecified atom stereocenters. The molecule has 2 nitrogen and oxygen atoms in total. The van der Waals surface area contributed by atoms with E-state index in [-0.39, 0.29) is 12.6 Å². The number of rotatable bonds is 3. The van der Waals surface area contributed by atoms with Crippen LogP contribution in [-0.2, 0) is 4.79 Å². The monoisotopic (exact) mass is 171 g/mol. The summed E-state index contributed by atoms with van der Waals surface area (Å²) in [4.78, 5) is 13.4.